The van der Waals surface area contributed by atoms with Crippen LogP contribution >= 0.6 is 0 Å². The lowest BCUT2D eigenvalue weighted by molar-refractivity contribution is -0.142. The van der Waals surface area contributed by atoms with E-state index < -0.39 is 23.7 Å². The quantitative estimate of drug-likeness (QED) is 0.873. The number of carbonyl (C=O) groups excluding carboxylic acids is 1. The Labute approximate surface area is 116 Å². The summed E-state index contributed by atoms with van der Waals surface area (Å²) < 4.78 is 13.6. The van der Waals surface area contributed by atoms with Crippen LogP contribution in [0.1, 0.15) is 12.5 Å². The maximum Gasteiger partial charge on any atom is 0.321 e. The summed E-state index contributed by atoms with van der Waals surface area (Å²) in [5.74, 6) is -2.09. The number of carboxylic acid groups (broad SMARTS) is 1. The van der Waals surface area contributed by atoms with Gasteiger partial charge in [0, 0.05) is 13.1 Å². The number of hydrogen-bond acceptors (Lipinski definition) is 2. The minimum absolute atomic E-state index is 0.111. The molecule has 1 saturated heterocycles. The lowest BCUT2D eigenvalue weighted by Crippen LogP contribution is -2.34. The van der Waals surface area contributed by atoms with E-state index in [2.05, 4.69) is 5.32 Å². The van der Waals surface area contributed by atoms with Gasteiger partial charge in [-0.05, 0) is 30.5 Å². The van der Waals surface area contributed by atoms with Crippen LogP contribution in [0.25, 0.3) is 0 Å². The summed E-state index contributed by atoms with van der Waals surface area (Å²) in [6.07, 6.45) is 0. The molecule has 1 heterocycles. The number of aliphatic carboxylic acids is 1. The Morgan fingerprint density at radius 2 is 2.10 bits per heavy atom. The molecule has 0 aromatic heterocycles. The normalized spacial score (nSPS) is 21.9. The third-order valence-electron chi connectivity index (χ3n) is 3.58. The smallest absolute Gasteiger partial charge is 0.321 e. The average Bonchev–Trinajstić information content (AvgIpc) is 2.76. The fourth-order valence-corrected chi connectivity index (χ4v) is 2.38. The van der Waals surface area contributed by atoms with Crippen LogP contribution in [0.2, 0.25) is 0 Å². The molecule has 20 heavy (non-hydrogen) atoms. The molecule has 5 nitrogen and oxygen atoms in total. The van der Waals surface area contributed by atoms with Gasteiger partial charge in [0.2, 0.25) is 0 Å². The number of urea groups is 1. The van der Waals surface area contributed by atoms with Crippen molar-refractivity contribution in [2.75, 3.05) is 18.4 Å². The average molecular weight is 280 g/mol. The molecule has 6 heteroatoms. The minimum Gasteiger partial charge on any atom is -0.481 e. The van der Waals surface area contributed by atoms with Gasteiger partial charge < -0.3 is 15.3 Å². The van der Waals surface area contributed by atoms with Gasteiger partial charge in [0.05, 0.1) is 11.6 Å². The van der Waals surface area contributed by atoms with Gasteiger partial charge in [-0.1, -0.05) is 13.0 Å². The predicted octanol–water partition coefficient (Wildman–Crippen LogP) is 2.32. The second-order valence-corrected chi connectivity index (χ2v) is 5.24. The Morgan fingerprint density at radius 1 is 1.40 bits per heavy atom. The lowest BCUT2D eigenvalue weighted by Gasteiger charge is -2.17. The molecular weight excluding hydrogens is 263 g/mol. The van der Waals surface area contributed by atoms with E-state index in [0.717, 1.165) is 5.56 Å². The van der Waals surface area contributed by atoms with E-state index >= 15 is 0 Å². The van der Waals surface area contributed by atoms with Crippen molar-refractivity contribution < 1.29 is 19.1 Å². The number of amides is 2. The highest BCUT2D eigenvalue weighted by molar-refractivity contribution is 5.90. The van der Waals surface area contributed by atoms with Crippen molar-refractivity contribution in [3.8, 4) is 0 Å². The lowest BCUT2D eigenvalue weighted by atomic mass is 9.99. The third-order valence-corrected chi connectivity index (χ3v) is 3.58. The van der Waals surface area contributed by atoms with Crippen molar-refractivity contribution in [2.24, 2.45) is 11.8 Å². The third kappa shape index (κ3) is 2.89. The molecule has 0 saturated carbocycles. The Kier molecular flexibility index (Phi) is 3.92. The van der Waals surface area contributed by atoms with Gasteiger partial charge in [0.25, 0.3) is 0 Å². The molecule has 1 aromatic carbocycles. The summed E-state index contributed by atoms with van der Waals surface area (Å²) in [5, 5.41) is 11.5. The minimum atomic E-state index is -0.908. The van der Waals surface area contributed by atoms with Gasteiger partial charge in [0.15, 0.2) is 0 Å². The van der Waals surface area contributed by atoms with Crippen molar-refractivity contribution >= 4 is 17.7 Å². The van der Waals surface area contributed by atoms with Crippen molar-refractivity contribution in [1.82, 2.24) is 4.90 Å². The van der Waals surface area contributed by atoms with Crippen LogP contribution < -0.4 is 5.32 Å². The zero-order valence-corrected chi connectivity index (χ0v) is 11.4. The number of carbonyl (C=O) groups is 2. The summed E-state index contributed by atoms with van der Waals surface area (Å²) in [6, 6.07) is 3.98. The number of nitrogens with zero attached hydrogens (tertiary/aromatic N) is 1. The largest absolute Gasteiger partial charge is 0.481 e. The van der Waals surface area contributed by atoms with Gasteiger partial charge in [-0.25, -0.2) is 9.18 Å². The number of rotatable bonds is 2. The zero-order valence-electron chi connectivity index (χ0n) is 11.4. The van der Waals surface area contributed by atoms with E-state index in [4.69, 9.17) is 5.11 Å². The number of nitrogens with one attached hydrogen (secondary N) is 1. The van der Waals surface area contributed by atoms with Gasteiger partial charge in [-0.15, -0.1) is 0 Å². The molecule has 1 fully saturated rings. The summed E-state index contributed by atoms with van der Waals surface area (Å²) in [6.45, 7) is 4.10. The maximum absolute atomic E-state index is 13.6. The van der Waals surface area contributed by atoms with E-state index in [1.165, 1.54) is 11.0 Å². The standard InChI is InChI=1S/C14H17FN2O3/c1-8-3-4-11(15)12(5-8)16-14(20)17-6-9(2)10(7-17)13(18)19/h3-5,9-10H,6-7H2,1-2H3,(H,16,20)(H,18,19)/t9-,10-/m1/s1. The first kappa shape index (κ1) is 14.3. The molecule has 2 atom stereocenters. The van der Waals surface area contributed by atoms with E-state index in [9.17, 15) is 14.0 Å². The molecule has 2 N–H and O–H groups in total. The maximum atomic E-state index is 13.6. The second kappa shape index (κ2) is 5.48. The van der Waals surface area contributed by atoms with Gasteiger partial charge in [-0.3, -0.25) is 4.79 Å². The molecule has 108 valence electrons. The Morgan fingerprint density at radius 3 is 2.70 bits per heavy atom. The van der Waals surface area contributed by atoms with Crippen LogP contribution in [0.15, 0.2) is 18.2 Å². The summed E-state index contributed by atoms with van der Waals surface area (Å²) >= 11 is 0. The van der Waals surface area contributed by atoms with E-state index in [-0.39, 0.29) is 18.2 Å². The number of anilines is 1. The molecule has 0 radical (unpaired) electrons. The monoisotopic (exact) mass is 280 g/mol. The molecular formula is C14H17FN2O3. The highest BCUT2D eigenvalue weighted by Gasteiger charge is 2.37. The highest BCUT2D eigenvalue weighted by atomic mass is 19.1. The SMILES string of the molecule is Cc1ccc(F)c(NC(=O)N2C[C@@H](C)[C@H](C(=O)O)C2)c1. The van der Waals surface area contributed by atoms with Crippen LogP contribution in [-0.2, 0) is 4.79 Å². The molecule has 2 rings (SSSR count). The van der Waals surface area contributed by atoms with Crippen molar-refractivity contribution in [3.63, 3.8) is 0 Å². The number of benzene rings is 1. The summed E-state index contributed by atoms with van der Waals surface area (Å²) in [7, 11) is 0. The van der Waals surface area contributed by atoms with Gasteiger partial charge in [-0.2, -0.15) is 0 Å². The first-order chi connectivity index (χ1) is 9.38. The summed E-state index contributed by atoms with van der Waals surface area (Å²) in [4.78, 5) is 24.5. The number of likely N-dealkylation sites (tertiary alicyclic amines) is 1. The van der Waals surface area contributed by atoms with Crippen LogP contribution in [0.4, 0.5) is 14.9 Å². The molecule has 0 unspecified atom stereocenters. The fraction of sp³-hybridized carbons (Fsp3) is 0.429. The van der Waals surface area contributed by atoms with Gasteiger partial charge in [0.1, 0.15) is 5.82 Å². The fourth-order valence-electron chi connectivity index (χ4n) is 2.38. The van der Waals surface area contributed by atoms with Crippen LogP contribution in [0, 0.1) is 24.6 Å². The second-order valence-electron chi connectivity index (χ2n) is 5.24. The number of hydrogen-bond donors (Lipinski definition) is 2. The van der Waals surface area contributed by atoms with E-state index in [1.54, 1.807) is 26.0 Å². The molecule has 0 spiro atoms. The molecule has 0 bridgehead atoms. The number of halogens is 1. The predicted molar refractivity (Wildman–Crippen MR) is 72.0 cm³/mol. The summed E-state index contributed by atoms with van der Waals surface area (Å²) in [5.41, 5.74) is 0.946. The first-order valence-corrected chi connectivity index (χ1v) is 6.43. The molecule has 0 aliphatic carbocycles. The van der Waals surface area contributed by atoms with Crippen molar-refractivity contribution in [2.45, 2.75) is 13.8 Å². The van der Waals surface area contributed by atoms with Gasteiger partial charge >= 0.3 is 12.0 Å². The van der Waals surface area contributed by atoms with E-state index in [1.807, 2.05) is 0 Å². The topological polar surface area (TPSA) is 69.6 Å². The number of carboxylic acids is 1. The molecule has 1 aromatic rings. The van der Waals surface area contributed by atoms with Crippen molar-refractivity contribution in [1.29, 1.82) is 0 Å². The molecule has 2 amide bonds. The molecule has 1 aliphatic rings. The van der Waals surface area contributed by atoms with Crippen LogP contribution in [0.5, 0.6) is 0 Å². The van der Waals surface area contributed by atoms with Crippen molar-refractivity contribution in [3.05, 3.63) is 29.6 Å². The molecule has 1 aliphatic heterocycles. The van der Waals surface area contributed by atoms with E-state index in [0.29, 0.717) is 6.54 Å². The zero-order chi connectivity index (χ0) is 14.9. The Hall–Kier alpha value is -2.11. The first-order valence-electron chi connectivity index (χ1n) is 6.43. The Bertz CT molecular complexity index is 547. The number of aryl methyl sites for hydroxylation is 1. The van der Waals surface area contributed by atoms with Crippen LogP contribution in [0.3, 0.4) is 0 Å². The van der Waals surface area contributed by atoms with Crippen LogP contribution in [-0.4, -0.2) is 35.1 Å². The Balaban J connectivity index is 2.06. The highest BCUT2D eigenvalue weighted by Crippen LogP contribution is 2.24.